The molecule has 3 heteroatoms. The SMILES string of the molecule is CC(C)(C)n1cc(CC2(O)CC2)cn1. The molecule has 78 valence electrons. The Kier molecular flexibility index (Phi) is 1.96. The molecule has 0 spiro atoms. The first-order valence-corrected chi connectivity index (χ1v) is 5.16. The molecule has 1 aliphatic carbocycles. The highest BCUT2D eigenvalue weighted by atomic mass is 16.3. The van der Waals surface area contributed by atoms with Crippen molar-refractivity contribution in [2.24, 2.45) is 0 Å². The van der Waals surface area contributed by atoms with Gasteiger partial charge in [-0.1, -0.05) is 0 Å². The van der Waals surface area contributed by atoms with E-state index in [2.05, 4.69) is 25.9 Å². The zero-order chi connectivity index (χ0) is 10.4. The molecule has 3 nitrogen and oxygen atoms in total. The Hall–Kier alpha value is -0.830. The lowest BCUT2D eigenvalue weighted by Crippen LogP contribution is -2.22. The largest absolute Gasteiger partial charge is 0.390 e. The van der Waals surface area contributed by atoms with Crippen molar-refractivity contribution in [3.63, 3.8) is 0 Å². The van der Waals surface area contributed by atoms with Crippen LogP contribution in [0.1, 0.15) is 39.2 Å². The van der Waals surface area contributed by atoms with Gasteiger partial charge in [0.15, 0.2) is 0 Å². The first-order valence-electron chi connectivity index (χ1n) is 5.16. The Balaban J connectivity index is 2.10. The predicted octanol–water partition coefficient (Wildman–Crippen LogP) is 1.71. The van der Waals surface area contributed by atoms with Gasteiger partial charge in [-0.3, -0.25) is 4.68 Å². The van der Waals surface area contributed by atoms with E-state index in [1.165, 1.54) is 0 Å². The summed E-state index contributed by atoms with van der Waals surface area (Å²) >= 11 is 0. The third-order valence-corrected chi connectivity index (χ3v) is 2.68. The van der Waals surface area contributed by atoms with Crippen LogP contribution in [-0.4, -0.2) is 20.5 Å². The number of rotatable bonds is 2. The van der Waals surface area contributed by atoms with Gasteiger partial charge in [0.2, 0.25) is 0 Å². The molecule has 0 aliphatic heterocycles. The number of aromatic nitrogens is 2. The molecule has 0 atom stereocenters. The molecule has 14 heavy (non-hydrogen) atoms. The second kappa shape index (κ2) is 2.83. The highest BCUT2D eigenvalue weighted by Crippen LogP contribution is 2.38. The van der Waals surface area contributed by atoms with Gasteiger partial charge in [0.05, 0.1) is 17.3 Å². The molecule has 0 unspecified atom stereocenters. The fourth-order valence-corrected chi connectivity index (χ4v) is 1.52. The van der Waals surface area contributed by atoms with E-state index in [9.17, 15) is 5.11 Å². The smallest absolute Gasteiger partial charge is 0.0691 e. The van der Waals surface area contributed by atoms with E-state index in [0.29, 0.717) is 0 Å². The molecule has 1 aliphatic rings. The minimum Gasteiger partial charge on any atom is -0.390 e. The average Bonchev–Trinajstić information content (AvgIpc) is 2.61. The molecule has 1 heterocycles. The number of hydrogen-bond acceptors (Lipinski definition) is 2. The summed E-state index contributed by atoms with van der Waals surface area (Å²) in [6.07, 6.45) is 6.53. The Morgan fingerprint density at radius 2 is 2.14 bits per heavy atom. The Bertz CT molecular complexity index is 331. The van der Waals surface area contributed by atoms with Crippen molar-refractivity contribution in [3.05, 3.63) is 18.0 Å². The van der Waals surface area contributed by atoms with Gasteiger partial charge in [-0.15, -0.1) is 0 Å². The monoisotopic (exact) mass is 194 g/mol. The molecule has 1 aromatic rings. The van der Waals surface area contributed by atoms with E-state index < -0.39 is 5.60 Å². The van der Waals surface area contributed by atoms with E-state index in [4.69, 9.17) is 0 Å². The summed E-state index contributed by atoms with van der Waals surface area (Å²) in [5, 5.41) is 14.1. The van der Waals surface area contributed by atoms with E-state index >= 15 is 0 Å². The number of aliphatic hydroxyl groups is 1. The summed E-state index contributed by atoms with van der Waals surface area (Å²) in [6, 6.07) is 0. The molecule has 1 saturated carbocycles. The summed E-state index contributed by atoms with van der Waals surface area (Å²) in [4.78, 5) is 0. The van der Waals surface area contributed by atoms with E-state index in [1.807, 2.05) is 17.1 Å². The minimum absolute atomic E-state index is 0.0322. The van der Waals surface area contributed by atoms with Crippen LogP contribution >= 0.6 is 0 Å². The first-order chi connectivity index (χ1) is 6.39. The van der Waals surface area contributed by atoms with Crippen molar-refractivity contribution in [2.45, 2.75) is 51.2 Å². The molecule has 0 bridgehead atoms. The molecule has 1 N–H and O–H groups in total. The van der Waals surface area contributed by atoms with Crippen molar-refractivity contribution in [1.29, 1.82) is 0 Å². The summed E-state index contributed by atoms with van der Waals surface area (Å²) in [5.41, 5.74) is 0.760. The second-order valence-corrected chi connectivity index (χ2v) is 5.37. The van der Waals surface area contributed by atoms with Crippen LogP contribution in [0.4, 0.5) is 0 Å². The van der Waals surface area contributed by atoms with E-state index in [0.717, 1.165) is 24.8 Å². The molecule has 1 aromatic heterocycles. The van der Waals surface area contributed by atoms with Gasteiger partial charge >= 0.3 is 0 Å². The molecule has 1 fully saturated rings. The minimum atomic E-state index is -0.411. The van der Waals surface area contributed by atoms with Crippen LogP contribution in [0, 0.1) is 0 Å². The molecular formula is C11H18N2O. The quantitative estimate of drug-likeness (QED) is 0.778. The van der Waals surface area contributed by atoms with Crippen LogP contribution in [0.5, 0.6) is 0 Å². The highest BCUT2D eigenvalue weighted by molar-refractivity contribution is 5.13. The van der Waals surface area contributed by atoms with Gasteiger partial charge in [0.25, 0.3) is 0 Å². The van der Waals surface area contributed by atoms with Gasteiger partial charge in [0, 0.05) is 12.6 Å². The fraction of sp³-hybridized carbons (Fsp3) is 0.727. The van der Waals surface area contributed by atoms with Crippen LogP contribution in [0.2, 0.25) is 0 Å². The molecular weight excluding hydrogens is 176 g/mol. The predicted molar refractivity (Wildman–Crippen MR) is 55.1 cm³/mol. The zero-order valence-corrected chi connectivity index (χ0v) is 9.12. The molecule has 2 rings (SSSR count). The van der Waals surface area contributed by atoms with Crippen molar-refractivity contribution < 1.29 is 5.11 Å². The van der Waals surface area contributed by atoms with Crippen LogP contribution in [-0.2, 0) is 12.0 Å². The summed E-state index contributed by atoms with van der Waals surface area (Å²) in [7, 11) is 0. The number of hydrogen-bond donors (Lipinski definition) is 1. The van der Waals surface area contributed by atoms with Crippen LogP contribution in [0.3, 0.4) is 0 Å². The highest BCUT2D eigenvalue weighted by Gasteiger charge is 2.40. The Morgan fingerprint density at radius 3 is 2.57 bits per heavy atom. The lowest BCUT2D eigenvalue weighted by molar-refractivity contribution is 0.151. The maximum atomic E-state index is 9.76. The fourth-order valence-electron chi connectivity index (χ4n) is 1.52. The average molecular weight is 194 g/mol. The lowest BCUT2D eigenvalue weighted by Gasteiger charge is -2.18. The van der Waals surface area contributed by atoms with Crippen molar-refractivity contribution >= 4 is 0 Å². The molecule has 0 amide bonds. The van der Waals surface area contributed by atoms with Crippen LogP contribution in [0.15, 0.2) is 12.4 Å². The number of nitrogens with zero attached hydrogens (tertiary/aromatic N) is 2. The normalized spacial score (nSPS) is 19.7. The van der Waals surface area contributed by atoms with Gasteiger partial charge in [-0.05, 0) is 39.2 Å². The van der Waals surface area contributed by atoms with Crippen LogP contribution in [0.25, 0.3) is 0 Å². The summed E-state index contributed by atoms with van der Waals surface area (Å²) < 4.78 is 1.95. The van der Waals surface area contributed by atoms with Crippen LogP contribution < -0.4 is 0 Å². The molecule has 0 aromatic carbocycles. The van der Waals surface area contributed by atoms with E-state index in [1.54, 1.807) is 0 Å². The molecule has 0 saturated heterocycles. The maximum absolute atomic E-state index is 9.76. The van der Waals surface area contributed by atoms with Crippen molar-refractivity contribution in [1.82, 2.24) is 9.78 Å². The maximum Gasteiger partial charge on any atom is 0.0691 e. The van der Waals surface area contributed by atoms with Gasteiger partial charge in [-0.2, -0.15) is 5.10 Å². The third-order valence-electron chi connectivity index (χ3n) is 2.68. The van der Waals surface area contributed by atoms with Crippen molar-refractivity contribution in [2.75, 3.05) is 0 Å². The lowest BCUT2D eigenvalue weighted by atomic mass is 10.1. The zero-order valence-electron chi connectivity index (χ0n) is 9.12. The Morgan fingerprint density at radius 1 is 1.50 bits per heavy atom. The molecule has 0 radical (unpaired) electrons. The van der Waals surface area contributed by atoms with Gasteiger partial charge in [0.1, 0.15) is 0 Å². The third kappa shape index (κ3) is 1.98. The first kappa shape index (κ1) is 9.71. The van der Waals surface area contributed by atoms with E-state index in [-0.39, 0.29) is 5.54 Å². The van der Waals surface area contributed by atoms with Gasteiger partial charge < -0.3 is 5.11 Å². The van der Waals surface area contributed by atoms with Gasteiger partial charge in [-0.25, -0.2) is 0 Å². The Labute approximate surface area is 84.7 Å². The standard InChI is InChI=1S/C11H18N2O/c1-10(2,3)13-8-9(7-12-13)6-11(14)4-5-11/h7-8,14H,4-6H2,1-3H3. The summed E-state index contributed by atoms with van der Waals surface area (Å²) in [5.74, 6) is 0. The summed E-state index contributed by atoms with van der Waals surface area (Å²) in [6.45, 7) is 6.36. The topological polar surface area (TPSA) is 38.0 Å². The second-order valence-electron chi connectivity index (χ2n) is 5.37. The van der Waals surface area contributed by atoms with Crippen molar-refractivity contribution in [3.8, 4) is 0 Å².